The maximum absolute atomic E-state index is 12.4. The molecule has 2 heterocycles. The summed E-state index contributed by atoms with van der Waals surface area (Å²) < 4.78 is 5.08. The summed E-state index contributed by atoms with van der Waals surface area (Å²) in [5.74, 6) is 0.775. The quantitative estimate of drug-likeness (QED) is 0.788. The fraction of sp³-hybridized carbons (Fsp3) is 0.385. The summed E-state index contributed by atoms with van der Waals surface area (Å²) in [4.78, 5) is 18.0. The van der Waals surface area contributed by atoms with E-state index >= 15 is 0 Å². The number of ether oxygens (including phenoxy) is 1. The van der Waals surface area contributed by atoms with Gasteiger partial charge in [-0.05, 0) is 6.07 Å². The first-order valence-electron chi connectivity index (χ1n) is 5.90. The molecule has 6 nitrogen and oxygen atoms in total. The van der Waals surface area contributed by atoms with Crippen molar-refractivity contribution in [1.29, 1.82) is 0 Å². The van der Waals surface area contributed by atoms with Crippen LogP contribution in [0.3, 0.4) is 0 Å². The van der Waals surface area contributed by atoms with Crippen LogP contribution in [0.5, 0.6) is 5.88 Å². The topological polar surface area (TPSA) is 69.9 Å². The molecule has 0 saturated carbocycles. The second kappa shape index (κ2) is 4.79. The van der Waals surface area contributed by atoms with Crippen molar-refractivity contribution >= 4 is 5.78 Å². The van der Waals surface area contributed by atoms with Crippen LogP contribution in [0.1, 0.15) is 31.1 Å². The summed E-state index contributed by atoms with van der Waals surface area (Å²) in [6.45, 7) is 5.58. The van der Waals surface area contributed by atoms with Crippen LogP contribution in [-0.4, -0.2) is 32.9 Å². The van der Waals surface area contributed by atoms with Gasteiger partial charge in [0.1, 0.15) is 0 Å². The normalized spacial score (nSPS) is 11.4. The summed E-state index contributed by atoms with van der Waals surface area (Å²) in [5.41, 5.74) is -0.0254. The fourth-order valence-electron chi connectivity index (χ4n) is 1.60. The SMILES string of the molecule is COc1ccc(C(=O)C(C)(C)C)c(-n2nccn2)n1. The van der Waals surface area contributed by atoms with E-state index in [4.69, 9.17) is 4.74 Å². The largest absolute Gasteiger partial charge is 0.481 e. The summed E-state index contributed by atoms with van der Waals surface area (Å²) >= 11 is 0. The number of nitrogens with zero attached hydrogens (tertiary/aromatic N) is 4. The Morgan fingerprint density at radius 3 is 2.37 bits per heavy atom. The number of rotatable bonds is 3. The summed E-state index contributed by atoms with van der Waals surface area (Å²) in [6, 6.07) is 3.35. The highest BCUT2D eigenvalue weighted by Crippen LogP contribution is 2.25. The molecule has 0 aliphatic heterocycles. The van der Waals surface area contributed by atoms with Gasteiger partial charge in [-0.2, -0.15) is 15.2 Å². The lowest BCUT2D eigenvalue weighted by Crippen LogP contribution is -2.23. The van der Waals surface area contributed by atoms with Gasteiger partial charge in [0.2, 0.25) is 5.88 Å². The lowest BCUT2D eigenvalue weighted by atomic mass is 9.87. The van der Waals surface area contributed by atoms with Gasteiger partial charge in [-0.25, -0.2) is 0 Å². The van der Waals surface area contributed by atoms with Crippen molar-refractivity contribution in [2.45, 2.75) is 20.8 Å². The van der Waals surface area contributed by atoms with Gasteiger partial charge in [0.15, 0.2) is 11.6 Å². The third kappa shape index (κ3) is 2.62. The first kappa shape index (κ1) is 13.2. The minimum atomic E-state index is -0.502. The molecule has 0 atom stereocenters. The standard InChI is InChI=1S/C13H16N4O2/c1-13(2,3)11(18)9-5-6-10(19-4)16-12(9)17-14-7-8-15-17/h5-8H,1-4H3. The number of aromatic nitrogens is 4. The average Bonchev–Trinajstić information content (AvgIpc) is 2.89. The number of Topliss-reactive ketones (excluding diaryl/α,β-unsaturated/α-hetero) is 1. The van der Waals surface area contributed by atoms with Crippen LogP contribution in [0.25, 0.3) is 5.82 Å². The van der Waals surface area contributed by atoms with Gasteiger partial charge in [0.05, 0.1) is 25.1 Å². The number of pyridine rings is 1. The molecule has 0 amide bonds. The Kier molecular flexibility index (Phi) is 3.33. The Labute approximate surface area is 111 Å². The highest BCUT2D eigenvalue weighted by Gasteiger charge is 2.27. The molecule has 2 aromatic rings. The van der Waals surface area contributed by atoms with E-state index in [-0.39, 0.29) is 5.78 Å². The zero-order valence-electron chi connectivity index (χ0n) is 11.4. The molecule has 0 aliphatic carbocycles. The number of methoxy groups -OCH3 is 1. The molecule has 0 bridgehead atoms. The van der Waals surface area contributed by atoms with Gasteiger partial charge >= 0.3 is 0 Å². The average molecular weight is 260 g/mol. The number of carbonyl (C=O) groups excluding carboxylic acids is 1. The zero-order valence-corrected chi connectivity index (χ0v) is 11.4. The Bertz CT molecular complexity index is 585. The Hall–Kier alpha value is -2.24. The predicted octanol–water partition coefficient (Wildman–Crippen LogP) is 1.90. The van der Waals surface area contributed by atoms with Crippen molar-refractivity contribution in [1.82, 2.24) is 20.0 Å². The molecule has 100 valence electrons. The number of ketones is 1. The molecule has 0 fully saturated rings. The molecule has 0 aromatic carbocycles. The van der Waals surface area contributed by atoms with Crippen molar-refractivity contribution in [3.05, 3.63) is 30.1 Å². The van der Waals surface area contributed by atoms with Crippen molar-refractivity contribution in [3.8, 4) is 11.7 Å². The second-order valence-corrected chi connectivity index (χ2v) is 5.12. The van der Waals surface area contributed by atoms with Crippen LogP contribution in [0, 0.1) is 5.41 Å². The van der Waals surface area contributed by atoms with Crippen LogP contribution < -0.4 is 4.74 Å². The molecule has 2 aromatic heterocycles. The molecule has 6 heteroatoms. The molecule has 0 N–H and O–H groups in total. The molecule has 0 spiro atoms. The molecular formula is C13H16N4O2. The van der Waals surface area contributed by atoms with Crippen molar-refractivity contribution in [2.75, 3.05) is 7.11 Å². The summed E-state index contributed by atoms with van der Waals surface area (Å²) in [6.07, 6.45) is 3.07. The van der Waals surface area contributed by atoms with E-state index in [1.807, 2.05) is 20.8 Å². The van der Waals surface area contributed by atoms with E-state index in [1.165, 1.54) is 24.3 Å². The van der Waals surface area contributed by atoms with Gasteiger partial charge in [-0.1, -0.05) is 20.8 Å². The van der Waals surface area contributed by atoms with Crippen LogP contribution >= 0.6 is 0 Å². The molecule has 0 unspecified atom stereocenters. The Morgan fingerprint density at radius 2 is 1.84 bits per heavy atom. The highest BCUT2D eigenvalue weighted by molar-refractivity contribution is 6.02. The summed E-state index contributed by atoms with van der Waals surface area (Å²) in [5, 5.41) is 8.04. The number of carbonyl (C=O) groups is 1. The Balaban J connectivity index is 2.58. The van der Waals surface area contributed by atoms with E-state index in [0.29, 0.717) is 17.3 Å². The maximum atomic E-state index is 12.4. The van der Waals surface area contributed by atoms with Crippen molar-refractivity contribution in [3.63, 3.8) is 0 Å². The molecule has 19 heavy (non-hydrogen) atoms. The number of hydrogen-bond donors (Lipinski definition) is 0. The molecule has 0 saturated heterocycles. The highest BCUT2D eigenvalue weighted by atomic mass is 16.5. The van der Waals surface area contributed by atoms with E-state index in [9.17, 15) is 4.79 Å². The first-order valence-corrected chi connectivity index (χ1v) is 5.90. The maximum Gasteiger partial charge on any atom is 0.215 e. The van der Waals surface area contributed by atoms with Gasteiger partial charge in [0.25, 0.3) is 0 Å². The fourth-order valence-corrected chi connectivity index (χ4v) is 1.60. The monoisotopic (exact) mass is 260 g/mol. The van der Waals surface area contributed by atoms with E-state index in [2.05, 4.69) is 15.2 Å². The van der Waals surface area contributed by atoms with Crippen LogP contribution in [0.2, 0.25) is 0 Å². The number of hydrogen-bond acceptors (Lipinski definition) is 5. The minimum absolute atomic E-state index is 0.0186. The van der Waals surface area contributed by atoms with E-state index in [0.717, 1.165) is 0 Å². The lowest BCUT2D eigenvalue weighted by molar-refractivity contribution is 0.0857. The second-order valence-electron chi connectivity index (χ2n) is 5.12. The first-order chi connectivity index (χ1) is 8.93. The van der Waals surface area contributed by atoms with E-state index < -0.39 is 5.41 Å². The van der Waals surface area contributed by atoms with Crippen LogP contribution in [0.15, 0.2) is 24.5 Å². The minimum Gasteiger partial charge on any atom is -0.481 e. The molecule has 0 aliphatic rings. The third-order valence-electron chi connectivity index (χ3n) is 2.59. The van der Waals surface area contributed by atoms with Gasteiger partial charge in [-0.3, -0.25) is 4.79 Å². The van der Waals surface area contributed by atoms with Crippen LogP contribution in [0.4, 0.5) is 0 Å². The van der Waals surface area contributed by atoms with Crippen LogP contribution in [-0.2, 0) is 0 Å². The van der Waals surface area contributed by atoms with Gasteiger partial charge in [-0.15, -0.1) is 4.80 Å². The van der Waals surface area contributed by atoms with Gasteiger partial charge < -0.3 is 4.74 Å². The lowest BCUT2D eigenvalue weighted by Gasteiger charge is -2.18. The molecule has 2 rings (SSSR count). The molecular weight excluding hydrogens is 244 g/mol. The van der Waals surface area contributed by atoms with Gasteiger partial charge in [0, 0.05) is 11.5 Å². The van der Waals surface area contributed by atoms with Crippen molar-refractivity contribution in [2.24, 2.45) is 5.41 Å². The Morgan fingerprint density at radius 1 is 1.21 bits per heavy atom. The van der Waals surface area contributed by atoms with E-state index in [1.54, 1.807) is 12.1 Å². The van der Waals surface area contributed by atoms with Crippen molar-refractivity contribution < 1.29 is 9.53 Å². The zero-order chi connectivity index (χ0) is 14.0. The smallest absolute Gasteiger partial charge is 0.215 e. The third-order valence-corrected chi connectivity index (χ3v) is 2.59. The molecule has 0 radical (unpaired) electrons. The summed E-state index contributed by atoms with van der Waals surface area (Å²) in [7, 11) is 1.52. The predicted molar refractivity (Wildman–Crippen MR) is 69.5 cm³/mol.